The Morgan fingerprint density at radius 1 is 1.30 bits per heavy atom. The number of ether oxygens (including phenoxy) is 2. The number of para-hydroxylation sites is 2. The first kappa shape index (κ1) is 13.4. The third kappa shape index (κ3) is 3.49. The summed E-state index contributed by atoms with van der Waals surface area (Å²) in [6.45, 7) is 3.32. The highest BCUT2D eigenvalue weighted by molar-refractivity contribution is 5.77. The van der Waals surface area contributed by atoms with Gasteiger partial charge in [-0.2, -0.15) is 0 Å². The minimum Gasteiger partial charge on any atom is -0.381 e. The summed E-state index contributed by atoms with van der Waals surface area (Å²) in [6, 6.07) is 8.04. The Labute approximate surface area is 118 Å². The fourth-order valence-corrected chi connectivity index (χ4v) is 2.41. The normalized spacial score (nSPS) is 16.6. The van der Waals surface area contributed by atoms with Gasteiger partial charge in [0.05, 0.1) is 17.1 Å². The van der Waals surface area contributed by atoms with E-state index < -0.39 is 0 Å². The van der Waals surface area contributed by atoms with Crippen LogP contribution in [0.3, 0.4) is 0 Å². The molecule has 5 nitrogen and oxygen atoms in total. The molecule has 0 spiro atoms. The van der Waals surface area contributed by atoms with Crippen molar-refractivity contribution in [3.8, 4) is 0 Å². The Morgan fingerprint density at radius 3 is 3.00 bits per heavy atom. The van der Waals surface area contributed by atoms with Gasteiger partial charge >= 0.3 is 0 Å². The molecule has 0 saturated carbocycles. The van der Waals surface area contributed by atoms with Crippen molar-refractivity contribution in [2.45, 2.75) is 25.4 Å². The molecule has 1 aliphatic heterocycles. The minimum atomic E-state index is 0.384. The second kappa shape index (κ2) is 6.72. The number of aromatic nitrogens is 2. The van der Waals surface area contributed by atoms with Crippen molar-refractivity contribution in [1.29, 1.82) is 0 Å². The number of hydrogen-bond donors (Lipinski definition) is 2. The van der Waals surface area contributed by atoms with Crippen LogP contribution in [0.25, 0.3) is 11.0 Å². The van der Waals surface area contributed by atoms with Crippen LogP contribution < -0.4 is 5.32 Å². The summed E-state index contributed by atoms with van der Waals surface area (Å²) >= 11 is 0. The van der Waals surface area contributed by atoms with Crippen LogP contribution in [0.1, 0.15) is 19.3 Å². The van der Waals surface area contributed by atoms with Gasteiger partial charge in [-0.1, -0.05) is 12.1 Å². The predicted octanol–water partition coefficient (Wildman–Crippen LogP) is 2.56. The highest BCUT2D eigenvalue weighted by atomic mass is 16.5. The topological polar surface area (TPSA) is 59.2 Å². The van der Waals surface area contributed by atoms with Crippen molar-refractivity contribution in [2.75, 3.05) is 31.7 Å². The van der Waals surface area contributed by atoms with Gasteiger partial charge in [-0.15, -0.1) is 0 Å². The summed E-state index contributed by atoms with van der Waals surface area (Å²) in [6.07, 6.45) is 3.41. The van der Waals surface area contributed by atoms with Crippen molar-refractivity contribution in [3.63, 3.8) is 0 Å². The third-order valence-electron chi connectivity index (χ3n) is 3.52. The summed E-state index contributed by atoms with van der Waals surface area (Å²) in [5.41, 5.74) is 2.06. The highest BCUT2D eigenvalue weighted by Gasteiger charge is 2.13. The van der Waals surface area contributed by atoms with Crippen molar-refractivity contribution in [3.05, 3.63) is 24.3 Å². The Hall–Kier alpha value is -1.59. The van der Waals surface area contributed by atoms with Crippen LogP contribution in [0.2, 0.25) is 0 Å². The third-order valence-corrected chi connectivity index (χ3v) is 3.52. The molecule has 1 fully saturated rings. The number of fused-ring (bicyclic) bond motifs is 1. The van der Waals surface area contributed by atoms with Crippen molar-refractivity contribution in [1.82, 2.24) is 9.97 Å². The number of benzene rings is 1. The molecular weight excluding hydrogens is 254 g/mol. The molecule has 0 bridgehead atoms. The summed E-state index contributed by atoms with van der Waals surface area (Å²) < 4.78 is 11.1. The van der Waals surface area contributed by atoms with Gasteiger partial charge in [-0.3, -0.25) is 0 Å². The molecule has 1 saturated heterocycles. The van der Waals surface area contributed by atoms with E-state index in [9.17, 15) is 0 Å². The highest BCUT2D eigenvalue weighted by Crippen LogP contribution is 2.13. The second-order valence-corrected chi connectivity index (χ2v) is 5.07. The van der Waals surface area contributed by atoms with E-state index in [1.165, 1.54) is 0 Å². The summed E-state index contributed by atoms with van der Waals surface area (Å²) in [5.74, 6) is 0.831. The van der Waals surface area contributed by atoms with Gasteiger partial charge in [0.15, 0.2) is 0 Å². The molecule has 5 heteroatoms. The zero-order chi connectivity index (χ0) is 13.6. The van der Waals surface area contributed by atoms with Gasteiger partial charge in [-0.05, 0) is 31.4 Å². The Morgan fingerprint density at radius 2 is 2.15 bits per heavy atom. The van der Waals surface area contributed by atoms with Crippen LogP contribution in [0, 0.1) is 0 Å². The predicted molar refractivity (Wildman–Crippen MR) is 79.0 cm³/mol. The van der Waals surface area contributed by atoms with Gasteiger partial charge in [0.2, 0.25) is 5.95 Å². The van der Waals surface area contributed by atoms with Crippen molar-refractivity contribution >= 4 is 17.0 Å². The Kier molecular flexibility index (Phi) is 4.50. The molecule has 3 rings (SSSR count). The van der Waals surface area contributed by atoms with Gasteiger partial charge in [0, 0.05) is 26.4 Å². The number of anilines is 1. The number of nitrogens with zero attached hydrogens (tertiary/aromatic N) is 1. The lowest BCUT2D eigenvalue weighted by Crippen LogP contribution is -2.24. The summed E-state index contributed by atoms with van der Waals surface area (Å²) in [7, 11) is 0. The number of aromatic amines is 1. The second-order valence-electron chi connectivity index (χ2n) is 5.07. The largest absolute Gasteiger partial charge is 0.381 e. The summed E-state index contributed by atoms with van der Waals surface area (Å²) in [5, 5.41) is 3.30. The van der Waals surface area contributed by atoms with Crippen LogP contribution in [-0.2, 0) is 9.47 Å². The van der Waals surface area contributed by atoms with E-state index in [0.717, 1.165) is 62.6 Å². The number of imidazole rings is 1. The lowest BCUT2D eigenvalue weighted by Gasteiger charge is -2.22. The molecule has 0 unspecified atom stereocenters. The molecule has 20 heavy (non-hydrogen) atoms. The van der Waals surface area contributed by atoms with E-state index in [4.69, 9.17) is 9.47 Å². The van der Waals surface area contributed by atoms with E-state index >= 15 is 0 Å². The smallest absolute Gasteiger partial charge is 0.201 e. The van der Waals surface area contributed by atoms with E-state index in [1.54, 1.807) is 0 Å². The monoisotopic (exact) mass is 275 g/mol. The maximum Gasteiger partial charge on any atom is 0.201 e. The number of hydrogen-bond acceptors (Lipinski definition) is 4. The average molecular weight is 275 g/mol. The van der Waals surface area contributed by atoms with Gasteiger partial charge in [0.25, 0.3) is 0 Å². The maximum atomic E-state index is 5.83. The summed E-state index contributed by atoms with van der Waals surface area (Å²) in [4.78, 5) is 7.73. The molecular formula is C15H21N3O2. The van der Waals surface area contributed by atoms with Gasteiger partial charge < -0.3 is 19.8 Å². The molecule has 2 aromatic rings. The Bertz CT molecular complexity index is 502. The Balaban J connectivity index is 1.37. The van der Waals surface area contributed by atoms with Crippen LogP contribution in [0.15, 0.2) is 24.3 Å². The molecule has 1 aromatic carbocycles. The molecule has 2 heterocycles. The van der Waals surface area contributed by atoms with Crippen LogP contribution in [0.4, 0.5) is 5.95 Å². The first-order valence-electron chi connectivity index (χ1n) is 7.30. The molecule has 0 radical (unpaired) electrons. The van der Waals surface area contributed by atoms with E-state index in [-0.39, 0.29) is 0 Å². The lowest BCUT2D eigenvalue weighted by atomic mass is 10.1. The fourth-order valence-electron chi connectivity index (χ4n) is 2.41. The molecule has 0 amide bonds. The molecule has 2 N–H and O–H groups in total. The standard InChI is InChI=1S/C15H21N3O2/c1-2-5-14-13(4-1)17-15(18-14)16-8-3-9-20-12-6-10-19-11-7-12/h1-2,4-5,12H,3,6-11H2,(H2,16,17,18). The van der Waals surface area contributed by atoms with E-state index in [2.05, 4.69) is 15.3 Å². The molecule has 1 aromatic heterocycles. The molecule has 108 valence electrons. The van der Waals surface area contributed by atoms with Gasteiger partial charge in [-0.25, -0.2) is 4.98 Å². The van der Waals surface area contributed by atoms with E-state index in [1.807, 2.05) is 24.3 Å². The van der Waals surface area contributed by atoms with Crippen molar-refractivity contribution < 1.29 is 9.47 Å². The van der Waals surface area contributed by atoms with Crippen LogP contribution in [0.5, 0.6) is 0 Å². The fraction of sp³-hybridized carbons (Fsp3) is 0.533. The zero-order valence-electron chi connectivity index (χ0n) is 11.6. The van der Waals surface area contributed by atoms with Crippen LogP contribution >= 0.6 is 0 Å². The number of rotatable bonds is 6. The van der Waals surface area contributed by atoms with Crippen molar-refractivity contribution in [2.24, 2.45) is 0 Å². The van der Waals surface area contributed by atoms with Crippen LogP contribution in [-0.4, -0.2) is 42.4 Å². The first-order chi connectivity index (χ1) is 9.92. The number of nitrogens with one attached hydrogen (secondary N) is 2. The molecule has 1 aliphatic rings. The SMILES string of the molecule is c1ccc2[nH]c(NCCCOC3CCOCC3)nc2c1. The quantitative estimate of drug-likeness (QED) is 0.795. The zero-order valence-corrected chi connectivity index (χ0v) is 11.6. The molecule has 0 aliphatic carbocycles. The lowest BCUT2D eigenvalue weighted by molar-refractivity contribution is -0.0316. The molecule has 0 atom stereocenters. The number of H-pyrrole nitrogens is 1. The average Bonchev–Trinajstić information content (AvgIpc) is 2.90. The first-order valence-corrected chi connectivity index (χ1v) is 7.30. The van der Waals surface area contributed by atoms with E-state index in [0.29, 0.717) is 6.10 Å². The minimum absolute atomic E-state index is 0.384. The maximum absolute atomic E-state index is 5.83. The van der Waals surface area contributed by atoms with Gasteiger partial charge in [0.1, 0.15) is 0 Å².